The first-order valence-corrected chi connectivity index (χ1v) is 22.7. The molecule has 0 saturated carbocycles. The van der Waals surface area contributed by atoms with Gasteiger partial charge >= 0.3 is 0 Å². The van der Waals surface area contributed by atoms with Crippen molar-refractivity contribution in [3.05, 3.63) is 235 Å². The first-order valence-electron chi connectivity index (χ1n) is 22.7. The maximum absolute atomic E-state index is 6.69. The van der Waals surface area contributed by atoms with Crippen LogP contribution in [0.25, 0.3) is 88.0 Å². The minimum absolute atomic E-state index is 0.294. The average molecular weight is 834 g/mol. The molecule has 0 amide bonds. The number of rotatable bonds is 7. The molecule has 0 radical (unpaired) electrons. The fraction of sp³-hybridized carbons (Fsp3) is 0.0645. The lowest BCUT2D eigenvalue weighted by Gasteiger charge is -2.26. The van der Waals surface area contributed by atoms with E-state index < -0.39 is 0 Å². The zero-order chi connectivity index (χ0) is 42.8. The number of aryl methyl sites for hydroxylation is 1. The van der Waals surface area contributed by atoms with Crippen LogP contribution in [0.5, 0.6) is 0 Å². The fourth-order valence-electron chi connectivity index (χ4n) is 10.7. The van der Waals surface area contributed by atoms with Crippen LogP contribution in [0, 0.1) is 0 Å². The van der Waals surface area contributed by atoms with Crippen molar-refractivity contribution in [2.24, 2.45) is 0 Å². The highest BCUT2D eigenvalue weighted by Gasteiger charge is 2.29. The SMILES string of the molecule is c1ccc(-c2c3c(cc4oc5ccccc5c24)CCC(Cc2ccc(N(c4ccccc4)c4ccc5oc6ccccc6c5c4)cc2)c2ccc(-c4ccc5ccccc5c4)cc2-3)cc1. The molecule has 308 valence electrons. The Kier molecular flexibility index (Phi) is 8.80. The largest absolute Gasteiger partial charge is 0.456 e. The summed E-state index contributed by atoms with van der Waals surface area (Å²) in [7, 11) is 0. The third-order valence-corrected chi connectivity index (χ3v) is 13.7. The van der Waals surface area contributed by atoms with Crippen molar-refractivity contribution in [1.29, 1.82) is 0 Å². The molecule has 0 fully saturated rings. The number of benzene rings is 10. The topological polar surface area (TPSA) is 29.5 Å². The Labute approximate surface area is 377 Å². The summed E-state index contributed by atoms with van der Waals surface area (Å²) in [6.07, 6.45) is 2.89. The van der Waals surface area contributed by atoms with Crippen LogP contribution >= 0.6 is 0 Å². The summed E-state index contributed by atoms with van der Waals surface area (Å²) in [5, 5.41) is 7.08. The molecule has 1 aliphatic carbocycles. The van der Waals surface area contributed by atoms with Crippen LogP contribution in [0.1, 0.15) is 29.0 Å². The molecular formula is C62H43NO2. The molecule has 1 atom stereocenters. The van der Waals surface area contributed by atoms with Gasteiger partial charge in [-0.25, -0.2) is 0 Å². The lowest BCUT2D eigenvalue weighted by Crippen LogP contribution is -2.10. The van der Waals surface area contributed by atoms with Crippen LogP contribution in [0.2, 0.25) is 0 Å². The van der Waals surface area contributed by atoms with E-state index in [4.69, 9.17) is 8.83 Å². The summed E-state index contributed by atoms with van der Waals surface area (Å²) in [6, 6.07) is 79.4. The van der Waals surface area contributed by atoms with Gasteiger partial charge in [-0.15, -0.1) is 0 Å². The summed E-state index contributed by atoms with van der Waals surface area (Å²) < 4.78 is 12.9. The third-order valence-electron chi connectivity index (χ3n) is 13.7. The molecule has 0 bridgehead atoms. The monoisotopic (exact) mass is 833 g/mol. The summed E-state index contributed by atoms with van der Waals surface area (Å²) in [4.78, 5) is 2.35. The molecule has 2 aromatic heterocycles. The van der Waals surface area contributed by atoms with Gasteiger partial charge in [0.05, 0.1) is 0 Å². The van der Waals surface area contributed by atoms with Gasteiger partial charge in [-0.1, -0.05) is 146 Å². The maximum Gasteiger partial charge on any atom is 0.136 e. The smallest absolute Gasteiger partial charge is 0.136 e. The number of furan rings is 2. The van der Waals surface area contributed by atoms with Gasteiger partial charge in [-0.05, 0) is 153 Å². The second kappa shape index (κ2) is 15.3. The van der Waals surface area contributed by atoms with Gasteiger partial charge in [0.1, 0.15) is 22.3 Å². The van der Waals surface area contributed by atoms with Gasteiger partial charge in [-0.3, -0.25) is 0 Å². The van der Waals surface area contributed by atoms with Crippen molar-refractivity contribution >= 4 is 71.7 Å². The predicted octanol–water partition coefficient (Wildman–Crippen LogP) is 17.4. The van der Waals surface area contributed by atoms with Crippen LogP contribution in [-0.2, 0) is 12.8 Å². The Morgan fingerprint density at radius 1 is 0.415 bits per heavy atom. The number of para-hydroxylation sites is 3. The third kappa shape index (κ3) is 6.42. The van der Waals surface area contributed by atoms with E-state index in [-0.39, 0.29) is 0 Å². The molecule has 0 spiro atoms. The minimum Gasteiger partial charge on any atom is -0.456 e. The molecular weight excluding hydrogens is 791 g/mol. The van der Waals surface area contributed by atoms with E-state index in [1.165, 1.54) is 66.2 Å². The Balaban J connectivity index is 0.940. The Hall–Kier alpha value is -8.14. The van der Waals surface area contributed by atoms with Crippen LogP contribution in [0.4, 0.5) is 17.1 Å². The van der Waals surface area contributed by atoms with Gasteiger partial charge in [0.15, 0.2) is 0 Å². The first kappa shape index (κ1) is 37.4. The summed E-state index contributed by atoms with van der Waals surface area (Å²) in [5.74, 6) is 0.294. The molecule has 3 nitrogen and oxygen atoms in total. The Morgan fingerprint density at radius 3 is 1.88 bits per heavy atom. The van der Waals surface area contributed by atoms with Gasteiger partial charge in [0.25, 0.3) is 0 Å². The van der Waals surface area contributed by atoms with E-state index in [0.717, 1.165) is 74.8 Å². The zero-order valence-electron chi connectivity index (χ0n) is 35.7. The molecule has 3 heteroatoms. The fourth-order valence-corrected chi connectivity index (χ4v) is 10.7. The van der Waals surface area contributed by atoms with Crippen molar-refractivity contribution in [3.63, 3.8) is 0 Å². The molecule has 1 unspecified atom stereocenters. The van der Waals surface area contributed by atoms with Crippen LogP contribution in [0.3, 0.4) is 0 Å². The van der Waals surface area contributed by atoms with E-state index in [0.29, 0.717) is 5.92 Å². The van der Waals surface area contributed by atoms with E-state index in [9.17, 15) is 0 Å². The maximum atomic E-state index is 6.69. The van der Waals surface area contributed by atoms with E-state index in [1.807, 2.05) is 12.1 Å². The van der Waals surface area contributed by atoms with Crippen LogP contribution in [0.15, 0.2) is 227 Å². The zero-order valence-corrected chi connectivity index (χ0v) is 35.7. The molecule has 10 aromatic carbocycles. The molecule has 12 aromatic rings. The molecule has 65 heavy (non-hydrogen) atoms. The number of anilines is 3. The lowest BCUT2D eigenvalue weighted by atomic mass is 9.82. The number of nitrogens with zero attached hydrogens (tertiary/aromatic N) is 1. The lowest BCUT2D eigenvalue weighted by molar-refractivity contribution is 0.627. The quantitative estimate of drug-likeness (QED) is 0.160. The van der Waals surface area contributed by atoms with Crippen molar-refractivity contribution in [2.75, 3.05) is 4.90 Å². The summed E-state index contributed by atoms with van der Waals surface area (Å²) in [6.45, 7) is 0. The number of hydrogen-bond donors (Lipinski definition) is 0. The second-order valence-electron chi connectivity index (χ2n) is 17.5. The Bertz CT molecular complexity index is 3750. The van der Waals surface area contributed by atoms with Crippen molar-refractivity contribution < 1.29 is 8.83 Å². The predicted molar refractivity (Wildman–Crippen MR) is 271 cm³/mol. The van der Waals surface area contributed by atoms with Crippen LogP contribution in [-0.4, -0.2) is 0 Å². The van der Waals surface area contributed by atoms with Crippen molar-refractivity contribution in [3.8, 4) is 33.4 Å². The standard InChI is InChI=1S/C62H43NO2/c1-3-14-42(15-4-1)61-60-47(38-59-62(61)53-20-10-12-22-57(53)65-59)28-27-46(51-33-29-45(37-55(51)60)44-26-25-41-13-7-8-16-43(41)36-44)35-40-23-30-49(31-24-40)63(48-17-5-2-6-18-48)50-32-34-58-54(39-50)52-19-9-11-21-56(52)64-58/h1-26,29-34,36-39,46H,27-28,35H2. The summed E-state index contributed by atoms with van der Waals surface area (Å²) >= 11 is 0. The first-order chi connectivity index (χ1) is 32.2. The molecule has 0 aliphatic heterocycles. The second-order valence-corrected chi connectivity index (χ2v) is 17.5. The van der Waals surface area contributed by atoms with Crippen LogP contribution < -0.4 is 4.90 Å². The van der Waals surface area contributed by atoms with Crippen molar-refractivity contribution in [1.82, 2.24) is 0 Å². The molecule has 13 rings (SSSR count). The van der Waals surface area contributed by atoms with Gasteiger partial charge in [-0.2, -0.15) is 0 Å². The minimum atomic E-state index is 0.294. The highest BCUT2D eigenvalue weighted by atomic mass is 16.3. The normalized spacial score (nSPS) is 13.6. The van der Waals surface area contributed by atoms with E-state index >= 15 is 0 Å². The van der Waals surface area contributed by atoms with Crippen molar-refractivity contribution in [2.45, 2.75) is 25.2 Å². The highest BCUT2D eigenvalue weighted by molar-refractivity contribution is 6.17. The van der Waals surface area contributed by atoms with Gasteiger partial charge in [0.2, 0.25) is 0 Å². The van der Waals surface area contributed by atoms with Gasteiger partial charge < -0.3 is 13.7 Å². The number of fused-ring (bicyclic) bond motifs is 10. The Morgan fingerprint density at radius 2 is 1.05 bits per heavy atom. The molecule has 2 heterocycles. The molecule has 0 saturated heterocycles. The average Bonchev–Trinajstić information content (AvgIpc) is 3.89. The molecule has 0 N–H and O–H groups in total. The van der Waals surface area contributed by atoms with Gasteiger partial charge in [0, 0.05) is 44.2 Å². The molecule has 1 aliphatic rings. The highest BCUT2D eigenvalue weighted by Crippen LogP contribution is 2.50. The summed E-state index contributed by atoms with van der Waals surface area (Å²) in [5.41, 5.74) is 18.6. The van der Waals surface area contributed by atoms with E-state index in [2.05, 4.69) is 211 Å². The van der Waals surface area contributed by atoms with E-state index in [1.54, 1.807) is 0 Å². The number of hydrogen-bond acceptors (Lipinski definition) is 3.